The van der Waals surface area contributed by atoms with Gasteiger partial charge in [-0.05, 0) is 38.5 Å². The maximum atomic E-state index is 12.9. The molecule has 0 radical (unpaired) electrons. The maximum absolute atomic E-state index is 12.9. The molecule has 0 amide bonds. The molecule has 0 spiro atoms. The molecule has 0 aliphatic rings. The quantitative estimate of drug-likeness (QED) is 0.0261. The third-order valence-electron chi connectivity index (χ3n) is 15.5. The van der Waals surface area contributed by atoms with Crippen LogP contribution in [0.15, 0.2) is 12.2 Å². The molecule has 0 aromatic carbocycles. The van der Waals surface area contributed by atoms with Crippen LogP contribution in [0.5, 0.6) is 0 Å². The first-order valence-corrected chi connectivity index (χ1v) is 33.7. The SMILES string of the molecule is CCCC/C=C\CCCCCCCC(=O)OCC(COC(=O)CCCCCCCCCCCCCCCCCCCCCCCCCCCCCCC)OC(=O)CCCCCCCCCCCCCCCCCC. The molecule has 0 heterocycles. The van der Waals surface area contributed by atoms with E-state index in [1.54, 1.807) is 0 Å². The molecule has 1 atom stereocenters. The summed E-state index contributed by atoms with van der Waals surface area (Å²) in [4.78, 5) is 38.2. The minimum Gasteiger partial charge on any atom is -0.462 e. The van der Waals surface area contributed by atoms with Crippen LogP contribution in [-0.4, -0.2) is 37.2 Å². The van der Waals surface area contributed by atoms with Gasteiger partial charge in [0.2, 0.25) is 0 Å². The lowest BCUT2D eigenvalue weighted by molar-refractivity contribution is -0.167. The summed E-state index contributed by atoms with van der Waals surface area (Å²) in [6.07, 6.45) is 75.4. The third-order valence-corrected chi connectivity index (χ3v) is 15.5. The lowest BCUT2D eigenvalue weighted by atomic mass is 10.0. The Labute approximate surface area is 462 Å². The number of esters is 3. The van der Waals surface area contributed by atoms with Crippen LogP contribution in [0.3, 0.4) is 0 Å². The predicted octanol–water partition coefficient (Wildman–Crippen LogP) is 22.8. The zero-order valence-electron chi connectivity index (χ0n) is 50.4. The van der Waals surface area contributed by atoms with E-state index >= 15 is 0 Å². The molecule has 438 valence electrons. The summed E-state index contributed by atoms with van der Waals surface area (Å²) in [7, 11) is 0. The number of hydrogen-bond donors (Lipinski definition) is 0. The molecular formula is C68H130O6. The minimum atomic E-state index is -0.768. The standard InChI is InChI=1S/C68H130O6/c1-4-7-10-13-16-19-22-24-26-28-29-30-31-32-33-34-35-36-37-38-39-40-42-43-46-49-52-55-58-61-67(70)73-64-65(63-72-66(69)60-57-54-51-48-45-21-18-15-12-9-6-3)74-68(71)62-59-56-53-50-47-44-41-27-25-23-20-17-14-11-8-5-2/h15,18,65H,4-14,16-17,19-64H2,1-3H3/b18-15-. The number of carbonyl (C=O) groups is 3. The van der Waals surface area contributed by atoms with Gasteiger partial charge in [0.05, 0.1) is 0 Å². The van der Waals surface area contributed by atoms with E-state index in [0.717, 1.165) is 64.2 Å². The largest absolute Gasteiger partial charge is 0.462 e. The summed E-state index contributed by atoms with van der Waals surface area (Å²) in [6.45, 7) is 6.67. The zero-order chi connectivity index (χ0) is 53.6. The molecule has 0 fully saturated rings. The van der Waals surface area contributed by atoms with Crippen molar-refractivity contribution in [1.82, 2.24) is 0 Å². The number of rotatable bonds is 63. The van der Waals surface area contributed by atoms with Crippen LogP contribution in [0.1, 0.15) is 387 Å². The molecule has 0 aromatic heterocycles. The lowest BCUT2D eigenvalue weighted by Gasteiger charge is -2.18. The van der Waals surface area contributed by atoms with E-state index < -0.39 is 6.10 Å². The van der Waals surface area contributed by atoms with Crippen LogP contribution in [0.2, 0.25) is 0 Å². The van der Waals surface area contributed by atoms with Gasteiger partial charge in [-0.15, -0.1) is 0 Å². The van der Waals surface area contributed by atoms with Crippen LogP contribution in [0, 0.1) is 0 Å². The Morgan fingerprint density at radius 1 is 0.257 bits per heavy atom. The number of hydrogen-bond acceptors (Lipinski definition) is 6. The Hall–Kier alpha value is -1.85. The molecule has 6 nitrogen and oxygen atoms in total. The van der Waals surface area contributed by atoms with Gasteiger partial charge < -0.3 is 14.2 Å². The highest BCUT2D eigenvalue weighted by molar-refractivity contribution is 5.71. The predicted molar refractivity (Wildman–Crippen MR) is 321 cm³/mol. The van der Waals surface area contributed by atoms with E-state index in [-0.39, 0.29) is 31.1 Å². The van der Waals surface area contributed by atoms with E-state index in [2.05, 4.69) is 32.9 Å². The Morgan fingerprint density at radius 2 is 0.459 bits per heavy atom. The average molecular weight is 1040 g/mol. The van der Waals surface area contributed by atoms with Crippen molar-refractivity contribution in [3.63, 3.8) is 0 Å². The molecule has 1 unspecified atom stereocenters. The number of ether oxygens (including phenoxy) is 3. The average Bonchev–Trinajstić information content (AvgIpc) is 3.40. The van der Waals surface area contributed by atoms with Gasteiger partial charge >= 0.3 is 17.9 Å². The number of unbranched alkanes of at least 4 members (excludes halogenated alkanes) is 50. The topological polar surface area (TPSA) is 78.9 Å². The molecule has 0 rings (SSSR count). The van der Waals surface area contributed by atoms with Crippen LogP contribution >= 0.6 is 0 Å². The van der Waals surface area contributed by atoms with Crippen molar-refractivity contribution < 1.29 is 28.6 Å². The van der Waals surface area contributed by atoms with Crippen LogP contribution in [0.4, 0.5) is 0 Å². The van der Waals surface area contributed by atoms with Crippen LogP contribution in [-0.2, 0) is 28.6 Å². The first kappa shape index (κ1) is 72.2. The number of carbonyl (C=O) groups excluding carboxylic acids is 3. The second-order valence-corrected chi connectivity index (χ2v) is 23.1. The Kier molecular flexibility index (Phi) is 62.1. The summed E-state index contributed by atoms with van der Waals surface area (Å²) in [5.41, 5.74) is 0. The molecule has 0 aliphatic heterocycles. The second kappa shape index (κ2) is 63.7. The summed E-state index contributed by atoms with van der Waals surface area (Å²) in [5.74, 6) is -0.847. The van der Waals surface area contributed by atoms with Crippen molar-refractivity contribution in [1.29, 1.82) is 0 Å². The zero-order valence-corrected chi connectivity index (χ0v) is 50.4. The van der Waals surface area contributed by atoms with Crippen molar-refractivity contribution in [3.8, 4) is 0 Å². The van der Waals surface area contributed by atoms with Gasteiger partial charge in [0.25, 0.3) is 0 Å². The maximum Gasteiger partial charge on any atom is 0.306 e. The Balaban J connectivity index is 4.09. The molecule has 74 heavy (non-hydrogen) atoms. The Morgan fingerprint density at radius 3 is 0.716 bits per heavy atom. The van der Waals surface area contributed by atoms with Gasteiger partial charge in [-0.2, -0.15) is 0 Å². The molecule has 0 aromatic rings. The first-order chi connectivity index (χ1) is 36.5. The molecular weight excluding hydrogens is 913 g/mol. The normalized spacial score (nSPS) is 12.0. The van der Waals surface area contributed by atoms with Gasteiger partial charge in [0.15, 0.2) is 6.10 Å². The smallest absolute Gasteiger partial charge is 0.306 e. The van der Waals surface area contributed by atoms with Crippen molar-refractivity contribution in [2.45, 2.75) is 393 Å². The van der Waals surface area contributed by atoms with E-state index in [9.17, 15) is 14.4 Å². The van der Waals surface area contributed by atoms with Crippen molar-refractivity contribution in [2.24, 2.45) is 0 Å². The highest BCUT2D eigenvalue weighted by atomic mass is 16.6. The van der Waals surface area contributed by atoms with Crippen LogP contribution in [0.25, 0.3) is 0 Å². The van der Waals surface area contributed by atoms with Gasteiger partial charge in [-0.1, -0.05) is 341 Å². The minimum absolute atomic E-state index is 0.0662. The highest BCUT2D eigenvalue weighted by Crippen LogP contribution is 2.19. The first-order valence-electron chi connectivity index (χ1n) is 33.7. The Bertz CT molecular complexity index is 1150. The monoisotopic (exact) mass is 1040 g/mol. The van der Waals surface area contributed by atoms with Crippen molar-refractivity contribution in [3.05, 3.63) is 12.2 Å². The molecule has 0 bridgehead atoms. The van der Waals surface area contributed by atoms with Gasteiger partial charge in [-0.25, -0.2) is 0 Å². The molecule has 0 saturated carbocycles. The summed E-state index contributed by atoms with van der Waals surface area (Å²) >= 11 is 0. The second-order valence-electron chi connectivity index (χ2n) is 23.1. The van der Waals surface area contributed by atoms with E-state index in [1.165, 1.54) is 283 Å². The fraction of sp³-hybridized carbons (Fsp3) is 0.926. The molecule has 0 N–H and O–H groups in total. The fourth-order valence-corrected chi connectivity index (χ4v) is 10.4. The lowest BCUT2D eigenvalue weighted by Crippen LogP contribution is -2.30. The summed E-state index contributed by atoms with van der Waals surface area (Å²) < 4.78 is 16.9. The molecule has 0 aliphatic carbocycles. The number of allylic oxidation sites excluding steroid dienone is 2. The van der Waals surface area contributed by atoms with Gasteiger partial charge in [-0.3, -0.25) is 14.4 Å². The van der Waals surface area contributed by atoms with Crippen LogP contribution < -0.4 is 0 Å². The van der Waals surface area contributed by atoms with Gasteiger partial charge in [0, 0.05) is 19.3 Å². The van der Waals surface area contributed by atoms with E-state index in [1.807, 2.05) is 0 Å². The highest BCUT2D eigenvalue weighted by Gasteiger charge is 2.19. The third kappa shape index (κ3) is 61.0. The summed E-state index contributed by atoms with van der Waals surface area (Å²) in [5, 5.41) is 0. The van der Waals surface area contributed by atoms with Crippen molar-refractivity contribution in [2.75, 3.05) is 13.2 Å². The van der Waals surface area contributed by atoms with Gasteiger partial charge in [0.1, 0.15) is 13.2 Å². The molecule has 0 saturated heterocycles. The molecule has 6 heteroatoms. The summed E-state index contributed by atoms with van der Waals surface area (Å²) in [6, 6.07) is 0. The van der Waals surface area contributed by atoms with Crippen molar-refractivity contribution >= 4 is 17.9 Å². The van der Waals surface area contributed by atoms with E-state index in [0.29, 0.717) is 19.3 Å². The van der Waals surface area contributed by atoms with E-state index in [4.69, 9.17) is 14.2 Å². The fourth-order valence-electron chi connectivity index (χ4n) is 10.4.